The van der Waals surface area contributed by atoms with Crippen LogP contribution < -0.4 is 10.1 Å². The monoisotopic (exact) mass is 299 g/mol. The summed E-state index contributed by atoms with van der Waals surface area (Å²) in [4.78, 5) is 17.8. The van der Waals surface area contributed by atoms with Gasteiger partial charge in [-0.2, -0.15) is 0 Å². The molecular weight excluding hydrogens is 286 g/mol. The van der Waals surface area contributed by atoms with Crippen LogP contribution in [0.25, 0.3) is 5.57 Å². The molecule has 8 heteroatoms. The second kappa shape index (κ2) is 6.93. The Bertz CT molecular complexity index is 713. The summed E-state index contributed by atoms with van der Waals surface area (Å²) in [5.74, 6) is 0.618. The standard InChI is InChI=1S/C14H13N5O3/c1-16-8-10(7-15)13-6-11(4-5-17-13)22-12-2-3-14(18-9-12)19(20)21/h2-9,15-16H,1H3/b10-8+,15-7?. The minimum absolute atomic E-state index is 0.245. The fourth-order valence-corrected chi connectivity index (χ4v) is 1.65. The number of aromatic nitrogens is 2. The van der Waals surface area contributed by atoms with Gasteiger partial charge in [-0.15, -0.1) is 0 Å². The van der Waals surface area contributed by atoms with Crippen molar-refractivity contribution >= 4 is 17.6 Å². The first-order valence-corrected chi connectivity index (χ1v) is 6.26. The van der Waals surface area contributed by atoms with E-state index in [9.17, 15) is 10.1 Å². The van der Waals surface area contributed by atoms with Crippen molar-refractivity contribution in [2.75, 3.05) is 7.05 Å². The predicted octanol–water partition coefficient (Wildman–Crippen LogP) is 2.39. The zero-order chi connectivity index (χ0) is 15.9. The third-order valence-electron chi connectivity index (χ3n) is 2.63. The maximum atomic E-state index is 10.5. The molecule has 0 saturated heterocycles. The molecule has 22 heavy (non-hydrogen) atoms. The van der Waals surface area contributed by atoms with Gasteiger partial charge in [-0.1, -0.05) is 0 Å². The van der Waals surface area contributed by atoms with Crippen molar-refractivity contribution in [1.82, 2.24) is 15.3 Å². The number of nitro groups is 1. The van der Waals surface area contributed by atoms with Gasteiger partial charge in [0.05, 0.1) is 5.69 Å². The lowest BCUT2D eigenvalue weighted by atomic mass is 10.2. The van der Waals surface area contributed by atoms with Crippen LogP contribution in [0.2, 0.25) is 0 Å². The summed E-state index contributed by atoms with van der Waals surface area (Å²) in [7, 11) is 1.73. The summed E-state index contributed by atoms with van der Waals surface area (Å²) >= 11 is 0. The van der Waals surface area contributed by atoms with Crippen LogP contribution in [0, 0.1) is 15.5 Å². The first-order valence-electron chi connectivity index (χ1n) is 6.26. The number of rotatable bonds is 6. The average molecular weight is 299 g/mol. The Balaban J connectivity index is 2.21. The Hall–Kier alpha value is -3.29. The van der Waals surface area contributed by atoms with E-state index in [-0.39, 0.29) is 5.82 Å². The summed E-state index contributed by atoms with van der Waals surface area (Å²) in [6, 6.07) is 6.04. The summed E-state index contributed by atoms with van der Waals surface area (Å²) in [5.41, 5.74) is 1.16. The van der Waals surface area contributed by atoms with Crippen LogP contribution in [0.1, 0.15) is 5.69 Å². The highest BCUT2D eigenvalue weighted by atomic mass is 16.6. The number of hydrogen-bond acceptors (Lipinski definition) is 7. The van der Waals surface area contributed by atoms with Gasteiger partial charge in [0.2, 0.25) is 0 Å². The molecule has 0 spiro atoms. The molecule has 2 heterocycles. The van der Waals surface area contributed by atoms with E-state index in [0.717, 1.165) is 0 Å². The lowest BCUT2D eigenvalue weighted by Crippen LogP contribution is -1.99. The smallest absolute Gasteiger partial charge is 0.363 e. The normalized spacial score (nSPS) is 10.9. The molecular formula is C14H13N5O3. The molecule has 0 bridgehead atoms. The predicted molar refractivity (Wildman–Crippen MR) is 81.0 cm³/mol. The van der Waals surface area contributed by atoms with Gasteiger partial charge < -0.3 is 25.6 Å². The van der Waals surface area contributed by atoms with E-state index < -0.39 is 4.92 Å². The van der Waals surface area contributed by atoms with E-state index in [1.807, 2.05) is 0 Å². The van der Waals surface area contributed by atoms with E-state index >= 15 is 0 Å². The Kier molecular flexibility index (Phi) is 4.76. The van der Waals surface area contributed by atoms with Crippen LogP contribution in [-0.2, 0) is 0 Å². The van der Waals surface area contributed by atoms with Gasteiger partial charge in [0.25, 0.3) is 0 Å². The minimum Gasteiger partial charge on any atom is -0.453 e. The SMILES string of the molecule is CN/C=C(\C=N)c1cc(Oc2ccc([N+](=O)[O-])nc2)ccn1. The maximum Gasteiger partial charge on any atom is 0.363 e. The van der Waals surface area contributed by atoms with Crippen molar-refractivity contribution in [3.8, 4) is 11.5 Å². The van der Waals surface area contributed by atoms with E-state index in [2.05, 4.69) is 15.3 Å². The molecule has 0 aliphatic heterocycles. The highest BCUT2D eigenvalue weighted by Gasteiger charge is 2.08. The van der Waals surface area contributed by atoms with Gasteiger partial charge in [0.1, 0.15) is 5.75 Å². The van der Waals surface area contributed by atoms with Gasteiger partial charge in [-0.05, 0) is 22.0 Å². The molecule has 0 unspecified atom stereocenters. The van der Waals surface area contributed by atoms with Crippen molar-refractivity contribution in [2.45, 2.75) is 0 Å². The van der Waals surface area contributed by atoms with Gasteiger partial charge in [0.15, 0.2) is 11.9 Å². The van der Waals surface area contributed by atoms with Crippen LogP contribution in [0.3, 0.4) is 0 Å². The van der Waals surface area contributed by atoms with Gasteiger partial charge in [-0.3, -0.25) is 4.98 Å². The van der Waals surface area contributed by atoms with E-state index in [1.165, 1.54) is 24.5 Å². The van der Waals surface area contributed by atoms with E-state index in [0.29, 0.717) is 22.8 Å². The summed E-state index contributed by atoms with van der Waals surface area (Å²) in [6.45, 7) is 0. The lowest BCUT2D eigenvalue weighted by molar-refractivity contribution is -0.389. The van der Waals surface area contributed by atoms with Gasteiger partial charge in [-0.25, -0.2) is 0 Å². The van der Waals surface area contributed by atoms with Gasteiger partial charge >= 0.3 is 5.82 Å². The molecule has 2 aromatic heterocycles. The number of ether oxygens (including phenoxy) is 1. The number of nitrogens with one attached hydrogen (secondary N) is 2. The zero-order valence-electron chi connectivity index (χ0n) is 11.7. The van der Waals surface area contributed by atoms with Crippen LogP contribution in [-0.4, -0.2) is 28.2 Å². The fraction of sp³-hybridized carbons (Fsp3) is 0.0714. The molecule has 0 radical (unpaired) electrons. The Morgan fingerprint density at radius 2 is 2.18 bits per heavy atom. The number of pyridine rings is 2. The first kappa shape index (κ1) is 15.1. The third kappa shape index (κ3) is 3.63. The zero-order valence-corrected chi connectivity index (χ0v) is 11.7. The second-order valence-corrected chi connectivity index (χ2v) is 4.12. The quantitative estimate of drug-likeness (QED) is 0.481. The van der Waals surface area contributed by atoms with E-state index in [1.54, 1.807) is 31.6 Å². The molecule has 2 N–H and O–H groups in total. The van der Waals surface area contributed by atoms with E-state index in [4.69, 9.17) is 10.1 Å². The number of nitrogens with zero attached hydrogens (tertiary/aromatic N) is 3. The van der Waals surface area contributed by atoms with Crippen molar-refractivity contribution in [1.29, 1.82) is 5.41 Å². The molecule has 2 aromatic rings. The Morgan fingerprint density at radius 3 is 2.77 bits per heavy atom. The van der Waals surface area contributed by atoms with Crippen molar-refractivity contribution < 1.29 is 9.66 Å². The third-order valence-corrected chi connectivity index (χ3v) is 2.63. The first-order chi connectivity index (χ1) is 10.6. The minimum atomic E-state index is -0.576. The largest absolute Gasteiger partial charge is 0.453 e. The molecule has 0 saturated carbocycles. The fourth-order valence-electron chi connectivity index (χ4n) is 1.65. The summed E-state index contributed by atoms with van der Waals surface area (Å²) in [5, 5.41) is 20.7. The lowest BCUT2D eigenvalue weighted by Gasteiger charge is -2.06. The topological polar surface area (TPSA) is 114 Å². The number of hydrogen-bond donors (Lipinski definition) is 2. The highest BCUT2D eigenvalue weighted by Crippen LogP contribution is 2.23. The molecule has 0 atom stereocenters. The Labute approximate surface area is 126 Å². The molecule has 0 aliphatic rings. The van der Waals surface area contributed by atoms with Crippen molar-refractivity contribution in [3.63, 3.8) is 0 Å². The highest BCUT2D eigenvalue weighted by molar-refractivity contribution is 6.07. The molecule has 0 aliphatic carbocycles. The van der Waals surface area contributed by atoms with Crippen LogP contribution in [0.4, 0.5) is 5.82 Å². The van der Waals surface area contributed by atoms with Crippen LogP contribution in [0.15, 0.2) is 42.9 Å². The Morgan fingerprint density at radius 1 is 1.36 bits per heavy atom. The molecule has 0 amide bonds. The van der Waals surface area contributed by atoms with Crippen molar-refractivity contribution in [2.24, 2.45) is 0 Å². The molecule has 0 fully saturated rings. The van der Waals surface area contributed by atoms with Crippen molar-refractivity contribution in [3.05, 3.63) is 58.7 Å². The second-order valence-electron chi connectivity index (χ2n) is 4.12. The molecule has 8 nitrogen and oxygen atoms in total. The van der Waals surface area contributed by atoms with Crippen LogP contribution >= 0.6 is 0 Å². The summed E-state index contributed by atoms with van der Waals surface area (Å²) in [6.07, 6.45) is 5.65. The molecule has 2 rings (SSSR count). The number of allylic oxidation sites excluding steroid dienone is 1. The summed E-state index contributed by atoms with van der Waals surface area (Å²) < 4.78 is 5.58. The van der Waals surface area contributed by atoms with Gasteiger partial charge in [0, 0.05) is 43.4 Å². The maximum absolute atomic E-state index is 10.5. The molecule has 0 aromatic carbocycles. The average Bonchev–Trinajstić information content (AvgIpc) is 2.53. The molecule has 112 valence electrons. The van der Waals surface area contributed by atoms with Crippen LogP contribution in [0.5, 0.6) is 11.5 Å².